The molecule has 1 aromatic heterocycles. The molecular weight excluding hydrogens is 464 g/mol. The van der Waals surface area contributed by atoms with Crippen molar-refractivity contribution in [3.63, 3.8) is 0 Å². The average Bonchev–Trinajstić information content (AvgIpc) is 2.88. The molecule has 0 atom stereocenters. The summed E-state index contributed by atoms with van der Waals surface area (Å²) in [6.45, 7) is 4.64. The van der Waals surface area contributed by atoms with Crippen LogP contribution in [0.4, 0.5) is 11.6 Å². The average molecular weight is 491 g/mol. The molecule has 10 heteroatoms. The summed E-state index contributed by atoms with van der Waals surface area (Å²) in [6, 6.07) is 18.7. The summed E-state index contributed by atoms with van der Waals surface area (Å²) in [5.74, 6) is 2.66. The molecule has 0 unspecified atom stereocenters. The zero-order valence-electron chi connectivity index (χ0n) is 19.1. The maximum Gasteiger partial charge on any atom is 0.252 e. The third-order valence-electron chi connectivity index (χ3n) is 5.91. The number of sulfonamides is 1. The number of nitrogen functional groups attached to an aromatic ring is 1. The SMILES string of the molecule is C=C(C#N)S(=O)(=O)N1CCC(CNc2ncnc(N)c2-c2ccc(Oc3ccccc3)cc2)CC1. The maximum atomic E-state index is 12.3. The van der Waals surface area contributed by atoms with Crippen LogP contribution in [0.2, 0.25) is 0 Å². The molecule has 180 valence electrons. The molecule has 0 saturated carbocycles. The van der Waals surface area contributed by atoms with Gasteiger partial charge in [0.15, 0.2) is 4.91 Å². The number of nitrogens with one attached hydrogen (secondary N) is 1. The van der Waals surface area contributed by atoms with E-state index in [1.54, 1.807) is 6.07 Å². The van der Waals surface area contributed by atoms with Gasteiger partial charge in [0.1, 0.15) is 35.5 Å². The number of nitriles is 1. The molecule has 2 aromatic carbocycles. The summed E-state index contributed by atoms with van der Waals surface area (Å²) in [4.78, 5) is 8.12. The minimum absolute atomic E-state index is 0.238. The molecule has 1 aliphatic heterocycles. The molecule has 1 aliphatic rings. The second-order valence-corrected chi connectivity index (χ2v) is 10.1. The molecule has 0 spiro atoms. The fourth-order valence-corrected chi connectivity index (χ4v) is 5.06. The number of ether oxygens (including phenoxy) is 1. The Labute approximate surface area is 204 Å². The van der Waals surface area contributed by atoms with Crippen molar-refractivity contribution in [2.75, 3.05) is 30.7 Å². The van der Waals surface area contributed by atoms with Crippen molar-refractivity contribution in [2.24, 2.45) is 5.92 Å². The lowest BCUT2D eigenvalue weighted by molar-refractivity contribution is 0.284. The number of piperidine rings is 1. The second kappa shape index (κ2) is 10.5. The first-order valence-electron chi connectivity index (χ1n) is 11.2. The van der Waals surface area contributed by atoms with Crippen LogP contribution in [-0.4, -0.2) is 42.3 Å². The number of allylic oxidation sites excluding steroid dienone is 1. The lowest BCUT2D eigenvalue weighted by Gasteiger charge is -2.31. The van der Waals surface area contributed by atoms with Gasteiger partial charge in [-0.2, -0.15) is 9.57 Å². The quantitative estimate of drug-likeness (QED) is 0.452. The molecule has 0 radical (unpaired) electrons. The van der Waals surface area contributed by atoms with Crippen molar-refractivity contribution in [3.05, 3.63) is 72.4 Å². The van der Waals surface area contributed by atoms with E-state index in [0.717, 1.165) is 11.3 Å². The van der Waals surface area contributed by atoms with Crippen molar-refractivity contribution in [2.45, 2.75) is 12.8 Å². The van der Waals surface area contributed by atoms with Gasteiger partial charge < -0.3 is 15.8 Å². The zero-order chi connectivity index (χ0) is 24.8. The number of aromatic nitrogens is 2. The molecule has 9 nitrogen and oxygen atoms in total. The number of para-hydroxylation sites is 1. The van der Waals surface area contributed by atoms with Gasteiger partial charge in [-0.3, -0.25) is 0 Å². The van der Waals surface area contributed by atoms with Crippen LogP contribution in [0.3, 0.4) is 0 Å². The van der Waals surface area contributed by atoms with Gasteiger partial charge in [-0.25, -0.2) is 18.4 Å². The van der Waals surface area contributed by atoms with Crippen LogP contribution < -0.4 is 15.8 Å². The molecule has 1 fully saturated rings. The lowest BCUT2D eigenvalue weighted by atomic mass is 9.98. The Morgan fingerprint density at radius 1 is 1.11 bits per heavy atom. The summed E-state index contributed by atoms with van der Waals surface area (Å²) in [6.07, 6.45) is 2.73. The summed E-state index contributed by atoms with van der Waals surface area (Å²) < 4.78 is 31.8. The molecule has 2 heterocycles. The highest BCUT2D eigenvalue weighted by Crippen LogP contribution is 2.33. The molecule has 0 amide bonds. The highest BCUT2D eigenvalue weighted by atomic mass is 32.2. The first-order valence-corrected chi connectivity index (χ1v) is 12.6. The number of hydrogen-bond donors (Lipinski definition) is 2. The molecule has 35 heavy (non-hydrogen) atoms. The normalized spacial score (nSPS) is 14.7. The Bertz CT molecular complexity index is 1330. The Kier molecular flexibility index (Phi) is 7.29. The molecule has 3 aromatic rings. The topological polar surface area (TPSA) is 134 Å². The predicted octanol–water partition coefficient (Wildman–Crippen LogP) is 4.01. The van der Waals surface area contributed by atoms with Crippen LogP contribution in [0.5, 0.6) is 11.5 Å². The van der Waals surface area contributed by atoms with Gasteiger partial charge >= 0.3 is 0 Å². The van der Waals surface area contributed by atoms with Gasteiger partial charge in [-0.1, -0.05) is 36.9 Å². The summed E-state index contributed by atoms with van der Waals surface area (Å²) in [7, 11) is -3.76. The number of benzene rings is 2. The van der Waals surface area contributed by atoms with Crippen molar-refractivity contribution >= 4 is 21.7 Å². The largest absolute Gasteiger partial charge is 0.457 e. The van der Waals surface area contributed by atoms with Crippen LogP contribution >= 0.6 is 0 Å². The van der Waals surface area contributed by atoms with E-state index in [1.165, 1.54) is 10.6 Å². The smallest absolute Gasteiger partial charge is 0.252 e. The third-order valence-corrected chi connectivity index (χ3v) is 7.67. The standard InChI is InChI=1S/C25H26N6O3S/c1-18(15-26)35(32,33)31-13-11-19(12-14-31)16-28-25-23(24(27)29-17-30-25)20-7-9-22(10-8-20)34-21-5-3-2-4-6-21/h2-10,17,19H,1,11-14,16H2,(H3,27,28,29,30). The molecule has 3 N–H and O–H groups in total. The van der Waals surface area contributed by atoms with Crippen molar-refractivity contribution in [3.8, 4) is 28.7 Å². The number of nitrogens with zero attached hydrogens (tertiary/aromatic N) is 4. The Morgan fingerprint density at radius 2 is 1.77 bits per heavy atom. The number of nitrogens with two attached hydrogens (primary N) is 1. The van der Waals surface area contributed by atoms with Crippen molar-refractivity contribution in [1.29, 1.82) is 5.26 Å². The van der Waals surface area contributed by atoms with E-state index in [1.807, 2.05) is 54.6 Å². The first kappa shape index (κ1) is 24.2. The number of anilines is 2. The Morgan fingerprint density at radius 3 is 2.43 bits per heavy atom. The molecular formula is C25H26N6O3S. The molecule has 1 saturated heterocycles. The highest BCUT2D eigenvalue weighted by Gasteiger charge is 2.30. The van der Waals surface area contributed by atoms with Crippen LogP contribution in [0.15, 0.2) is 72.4 Å². The minimum atomic E-state index is -3.76. The van der Waals surface area contributed by atoms with Crippen molar-refractivity contribution in [1.82, 2.24) is 14.3 Å². The van der Waals surface area contributed by atoms with Gasteiger partial charge in [0, 0.05) is 19.6 Å². The van der Waals surface area contributed by atoms with E-state index in [0.29, 0.717) is 55.4 Å². The summed E-state index contributed by atoms with van der Waals surface area (Å²) >= 11 is 0. The summed E-state index contributed by atoms with van der Waals surface area (Å²) in [5.41, 5.74) is 7.75. The van der Waals surface area contributed by atoms with E-state index in [-0.39, 0.29) is 5.92 Å². The monoisotopic (exact) mass is 490 g/mol. The number of hydrogen-bond acceptors (Lipinski definition) is 8. The summed E-state index contributed by atoms with van der Waals surface area (Å²) in [5, 5.41) is 12.3. The van der Waals surface area contributed by atoms with Gasteiger partial charge in [0.25, 0.3) is 10.0 Å². The first-order chi connectivity index (χ1) is 16.9. The van der Waals surface area contributed by atoms with Gasteiger partial charge in [-0.05, 0) is 48.6 Å². The van der Waals surface area contributed by atoms with Crippen LogP contribution in [0, 0.1) is 17.2 Å². The lowest BCUT2D eigenvalue weighted by Crippen LogP contribution is -2.40. The fourth-order valence-electron chi connectivity index (χ4n) is 3.94. The van der Waals surface area contributed by atoms with Crippen LogP contribution in [-0.2, 0) is 10.0 Å². The van der Waals surface area contributed by atoms with E-state index in [9.17, 15) is 8.42 Å². The third kappa shape index (κ3) is 5.59. The van der Waals surface area contributed by atoms with Gasteiger partial charge in [-0.15, -0.1) is 0 Å². The maximum absolute atomic E-state index is 12.3. The van der Waals surface area contributed by atoms with Gasteiger partial charge in [0.05, 0.1) is 5.56 Å². The van der Waals surface area contributed by atoms with E-state index >= 15 is 0 Å². The van der Waals surface area contributed by atoms with E-state index in [2.05, 4.69) is 21.9 Å². The minimum Gasteiger partial charge on any atom is -0.457 e. The Hall–Kier alpha value is -3.94. The predicted molar refractivity (Wildman–Crippen MR) is 135 cm³/mol. The zero-order valence-corrected chi connectivity index (χ0v) is 19.9. The molecule has 4 rings (SSSR count). The highest BCUT2D eigenvalue weighted by molar-refractivity contribution is 7.93. The van der Waals surface area contributed by atoms with Crippen molar-refractivity contribution < 1.29 is 13.2 Å². The fraction of sp³-hybridized carbons (Fsp3) is 0.240. The second-order valence-electron chi connectivity index (χ2n) is 8.19. The van der Waals surface area contributed by atoms with Crippen LogP contribution in [0.25, 0.3) is 11.1 Å². The van der Waals surface area contributed by atoms with E-state index < -0.39 is 14.9 Å². The molecule has 0 bridgehead atoms. The van der Waals surface area contributed by atoms with Crippen LogP contribution in [0.1, 0.15) is 12.8 Å². The van der Waals surface area contributed by atoms with Gasteiger partial charge in [0.2, 0.25) is 0 Å². The molecule has 0 aliphatic carbocycles. The Balaban J connectivity index is 1.41. The van der Waals surface area contributed by atoms with E-state index in [4.69, 9.17) is 15.7 Å². The number of rotatable bonds is 8.